The van der Waals surface area contributed by atoms with Crippen LogP contribution in [-0.4, -0.2) is 34.6 Å². The molecule has 2 amide bonds. The van der Waals surface area contributed by atoms with Crippen LogP contribution in [-0.2, 0) is 11.3 Å². The number of carbonyl (C=O) groups excluding carboxylic acids is 2. The van der Waals surface area contributed by atoms with Gasteiger partial charge in [0.1, 0.15) is 11.4 Å². The average Bonchev–Trinajstić information content (AvgIpc) is 2.85. The van der Waals surface area contributed by atoms with Crippen LogP contribution in [0.5, 0.6) is 0 Å². The van der Waals surface area contributed by atoms with Gasteiger partial charge in [0.05, 0.1) is 0 Å². The van der Waals surface area contributed by atoms with Crippen LogP contribution in [0.15, 0.2) is 18.2 Å². The van der Waals surface area contributed by atoms with E-state index in [9.17, 15) is 14.0 Å². The van der Waals surface area contributed by atoms with Crippen molar-refractivity contribution in [2.24, 2.45) is 0 Å². The standard InChI is InChI=1S/C19H25FN2O3/c1-19(2,3)25-18(24)21-12-7-9-13(10-8-12)22-11-15-14(17(22)23)5-4-6-16(15)20/h4-6,12-13H,7-11H2,1-3H3,(H,21,24). The van der Waals surface area contributed by atoms with E-state index in [-0.39, 0.29) is 23.8 Å². The molecule has 1 heterocycles. The number of amides is 2. The molecule has 1 N–H and O–H groups in total. The Kier molecular flexibility index (Phi) is 4.71. The summed E-state index contributed by atoms with van der Waals surface area (Å²) in [4.78, 5) is 26.2. The number of halogens is 1. The highest BCUT2D eigenvalue weighted by Crippen LogP contribution is 2.32. The van der Waals surface area contributed by atoms with E-state index in [0.717, 1.165) is 25.7 Å². The quantitative estimate of drug-likeness (QED) is 0.888. The van der Waals surface area contributed by atoms with Crippen LogP contribution in [0.25, 0.3) is 0 Å². The van der Waals surface area contributed by atoms with E-state index >= 15 is 0 Å². The second-order valence-electron chi connectivity index (χ2n) is 7.85. The second kappa shape index (κ2) is 6.65. The fourth-order valence-corrected chi connectivity index (χ4v) is 3.62. The zero-order valence-electron chi connectivity index (χ0n) is 15.0. The lowest BCUT2D eigenvalue weighted by molar-refractivity contribution is 0.0461. The average molecular weight is 348 g/mol. The Morgan fingerprint density at radius 2 is 1.92 bits per heavy atom. The molecule has 5 nitrogen and oxygen atoms in total. The van der Waals surface area contributed by atoms with E-state index < -0.39 is 11.7 Å². The fraction of sp³-hybridized carbons (Fsp3) is 0.579. The van der Waals surface area contributed by atoms with Crippen LogP contribution in [0.2, 0.25) is 0 Å². The number of nitrogens with one attached hydrogen (secondary N) is 1. The van der Waals surface area contributed by atoms with Crippen LogP contribution >= 0.6 is 0 Å². The van der Waals surface area contributed by atoms with Crippen molar-refractivity contribution >= 4 is 12.0 Å². The van der Waals surface area contributed by atoms with Crippen molar-refractivity contribution in [3.8, 4) is 0 Å². The summed E-state index contributed by atoms with van der Waals surface area (Å²) < 4.78 is 19.2. The van der Waals surface area contributed by atoms with Crippen LogP contribution in [0.4, 0.5) is 9.18 Å². The van der Waals surface area contributed by atoms with Gasteiger partial charge in [0.25, 0.3) is 5.91 Å². The zero-order chi connectivity index (χ0) is 18.2. The summed E-state index contributed by atoms with van der Waals surface area (Å²) >= 11 is 0. The number of benzene rings is 1. The van der Waals surface area contributed by atoms with Crippen LogP contribution < -0.4 is 5.32 Å². The molecular formula is C19H25FN2O3. The first-order valence-electron chi connectivity index (χ1n) is 8.82. The number of fused-ring (bicyclic) bond motifs is 1. The Morgan fingerprint density at radius 3 is 2.52 bits per heavy atom. The molecule has 1 aromatic carbocycles. The Bertz CT molecular complexity index is 676. The Hall–Kier alpha value is -2.11. The van der Waals surface area contributed by atoms with Crippen LogP contribution in [0.1, 0.15) is 62.4 Å². The van der Waals surface area contributed by atoms with Crippen molar-refractivity contribution in [1.29, 1.82) is 0 Å². The monoisotopic (exact) mass is 348 g/mol. The maximum absolute atomic E-state index is 13.9. The molecule has 0 atom stereocenters. The molecule has 1 fully saturated rings. The molecule has 1 aliphatic carbocycles. The molecule has 0 spiro atoms. The first kappa shape index (κ1) is 17.7. The summed E-state index contributed by atoms with van der Waals surface area (Å²) in [6.07, 6.45) is 2.76. The van der Waals surface area contributed by atoms with Gasteiger partial charge in [-0.2, -0.15) is 0 Å². The van der Waals surface area contributed by atoms with Crippen molar-refractivity contribution < 1.29 is 18.7 Å². The van der Waals surface area contributed by atoms with E-state index in [1.807, 2.05) is 20.8 Å². The predicted molar refractivity (Wildman–Crippen MR) is 91.7 cm³/mol. The summed E-state index contributed by atoms with van der Waals surface area (Å²) in [6, 6.07) is 4.82. The molecule has 6 heteroatoms. The Morgan fingerprint density at radius 1 is 1.24 bits per heavy atom. The van der Waals surface area contributed by atoms with Gasteiger partial charge in [0, 0.05) is 29.8 Å². The van der Waals surface area contributed by atoms with Crippen molar-refractivity contribution in [1.82, 2.24) is 10.2 Å². The van der Waals surface area contributed by atoms with E-state index in [4.69, 9.17) is 4.74 Å². The highest BCUT2D eigenvalue weighted by Gasteiger charge is 2.36. The Balaban J connectivity index is 1.54. The summed E-state index contributed by atoms with van der Waals surface area (Å²) in [5.74, 6) is -0.397. The molecule has 1 aliphatic heterocycles. The van der Waals surface area contributed by atoms with Gasteiger partial charge in [-0.25, -0.2) is 9.18 Å². The molecule has 25 heavy (non-hydrogen) atoms. The van der Waals surface area contributed by atoms with E-state index in [1.165, 1.54) is 6.07 Å². The van der Waals surface area contributed by atoms with Crippen molar-refractivity contribution in [2.45, 2.75) is 70.7 Å². The fourth-order valence-electron chi connectivity index (χ4n) is 3.62. The van der Waals surface area contributed by atoms with E-state index in [2.05, 4.69) is 5.32 Å². The maximum atomic E-state index is 13.9. The number of nitrogens with zero attached hydrogens (tertiary/aromatic N) is 1. The molecule has 3 rings (SSSR count). The van der Waals surface area contributed by atoms with Gasteiger partial charge < -0.3 is 15.0 Å². The smallest absolute Gasteiger partial charge is 0.407 e. The molecular weight excluding hydrogens is 323 g/mol. The van der Waals surface area contributed by atoms with Gasteiger partial charge in [-0.1, -0.05) is 6.07 Å². The van der Waals surface area contributed by atoms with E-state index in [0.29, 0.717) is 17.7 Å². The van der Waals surface area contributed by atoms with Gasteiger partial charge in [-0.05, 0) is 58.6 Å². The predicted octanol–water partition coefficient (Wildman–Crippen LogP) is 3.62. The summed E-state index contributed by atoms with van der Waals surface area (Å²) in [7, 11) is 0. The third kappa shape index (κ3) is 3.94. The molecule has 0 bridgehead atoms. The number of rotatable bonds is 2. The molecule has 0 unspecified atom stereocenters. The van der Waals surface area contributed by atoms with Gasteiger partial charge >= 0.3 is 6.09 Å². The molecule has 0 saturated heterocycles. The lowest BCUT2D eigenvalue weighted by Crippen LogP contribution is -2.45. The van der Waals surface area contributed by atoms with Gasteiger partial charge in [-0.3, -0.25) is 4.79 Å². The number of alkyl carbamates (subject to hydrolysis) is 1. The lowest BCUT2D eigenvalue weighted by Gasteiger charge is -2.35. The van der Waals surface area contributed by atoms with E-state index in [1.54, 1.807) is 17.0 Å². The highest BCUT2D eigenvalue weighted by atomic mass is 19.1. The molecule has 2 aliphatic rings. The van der Waals surface area contributed by atoms with Crippen LogP contribution in [0.3, 0.4) is 0 Å². The first-order valence-corrected chi connectivity index (χ1v) is 8.82. The molecule has 0 aromatic heterocycles. The minimum atomic E-state index is -0.515. The minimum Gasteiger partial charge on any atom is -0.444 e. The number of hydrogen-bond donors (Lipinski definition) is 1. The topological polar surface area (TPSA) is 58.6 Å². The highest BCUT2D eigenvalue weighted by molar-refractivity contribution is 5.98. The minimum absolute atomic E-state index is 0.0583. The largest absolute Gasteiger partial charge is 0.444 e. The number of carbonyl (C=O) groups is 2. The maximum Gasteiger partial charge on any atom is 0.407 e. The Labute approximate surface area is 147 Å². The third-order valence-corrected chi connectivity index (χ3v) is 4.80. The third-order valence-electron chi connectivity index (χ3n) is 4.80. The summed E-state index contributed by atoms with van der Waals surface area (Å²) in [5, 5.41) is 2.90. The molecule has 0 radical (unpaired) electrons. The van der Waals surface area contributed by atoms with Crippen molar-refractivity contribution in [2.75, 3.05) is 0 Å². The SMILES string of the molecule is CC(C)(C)OC(=O)NC1CCC(N2Cc3c(F)cccc3C2=O)CC1. The molecule has 1 aromatic rings. The van der Waals surface area contributed by atoms with Crippen molar-refractivity contribution in [3.63, 3.8) is 0 Å². The summed E-state index contributed by atoms with van der Waals surface area (Å²) in [5.41, 5.74) is 0.467. The van der Waals surface area contributed by atoms with Gasteiger partial charge in [-0.15, -0.1) is 0 Å². The molecule has 136 valence electrons. The normalized spacial score (nSPS) is 23.4. The molecule has 1 saturated carbocycles. The van der Waals surface area contributed by atoms with Crippen LogP contribution in [0, 0.1) is 5.82 Å². The van der Waals surface area contributed by atoms with Gasteiger partial charge in [0.2, 0.25) is 0 Å². The second-order valence-corrected chi connectivity index (χ2v) is 7.85. The first-order chi connectivity index (χ1) is 11.7. The zero-order valence-corrected chi connectivity index (χ0v) is 15.0. The van der Waals surface area contributed by atoms with Crippen molar-refractivity contribution in [3.05, 3.63) is 35.1 Å². The number of hydrogen-bond acceptors (Lipinski definition) is 3. The number of ether oxygens (including phenoxy) is 1. The van der Waals surface area contributed by atoms with Gasteiger partial charge in [0.15, 0.2) is 0 Å². The summed E-state index contributed by atoms with van der Waals surface area (Å²) in [6.45, 7) is 5.84. The lowest BCUT2D eigenvalue weighted by atomic mass is 9.90.